The van der Waals surface area contributed by atoms with Crippen molar-refractivity contribution < 1.29 is 17.9 Å². The van der Waals surface area contributed by atoms with Crippen molar-refractivity contribution in [2.24, 2.45) is 0 Å². The highest BCUT2D eigenvalue weighted by molar-refractivity contribution is 6.32. The van der Waals surface area contributed by atoms with Crippen molar-refractivity contribution in [2.75, 3.05) is 0 Å². The van der Waals surface area contributed by atoms with Gasteiger partial charge in [0.25, 0.3) is 5.56 Å². The molecule has 4 aromatic rings. The molecular formula is C29H22ClF3N2O2. The summed E-state index contributed by atoms with van der Waals surface area (Å²) in [5, 5.41) is 9.87. The van der Waals surface area contributed by atoms with Gasteiger partial charge in [-0.3, -0.25) is 4.79 Å². The average Bonchev–Trinajstić information content (AvgIpc) is 2.83. The number of ether oxygens (including phenoxy) is 1. The fourth-order valence-electron chi connectivity index (χ4n) is 4.14. The van der Waals surface area contributed by atoms with Crippen molar-refractivity contribution in [3.8, 4) is 28.8 Å². The number of hydrogen-bond donors (Lipinski definition) is 0. The second kappa shape index (κ2) is 10.2. The Kier molecular flexibility index (Phi) is 7.15. The molecule has 0 saturated carbocycles. The fourth-order valence-corrected chi connectivity index (χ4v) is 4.31. The van der Waals surface area contributed by atoms with E-state index in [1.807, 2.05) is 32.0 Å². The first-order valence-corrected chi connectivity index (χ1v) is 11.7. The van der Waals surface area contributed by atoms with Crippen LogP contribution in [0.1, 0.15) is 33.4 Å². The van der Waals surface area contributed by atoms with Crippen LogP contribution in [0.25, 0.3) is 11.3 Å². The molecule has 0 aliphatic rings. The summed E-state index contributed by atoms with van der Waals surface area (Å²) in [5.41, 5.74) is 0.511. The lowest BCUT2D eigenvalue weighted by atomic mass is 10.0. The van der Waals surface area contributed by atoms with E-state index in [0.29, 0.717) is 27.6 Å². The first-order valence-electron chi connectivity index (χ1n) is 11.3. The van der Waals surface area contributed by atoms with Gasteiger partial charge in [-0.1, -0.05) is 47.5 Å². The summed E-state index contributed by atoms with van der Waals surface area (Å²) >= 11 is 6.18. The van der Waals surface area contributed by atoms with Gasteiger partial charge >= 0.3 is 6.18 Å². The molecule has 0 amide bonds. The number of benzene rings is 3. The van der Waals surface area contributed by atoms with Crippen LogP contribution in [0.5, 0.6) is 11.5 Å². The number of rotatable bonds is 5. The Labute approximate surface area is 217 Å². The van der Waals surface area contributed by atoms with Crippen LogP contribution >= 0.6 is 11.6 Å². The minimum Gasteiger partial charge on any atom is -0.456 e. The van der Waals surface area contributed by atoms with Crippen LogP contribution in [0.15, 0.2) is 71.5 Å². The number of aryl methyl sites for hydroxylation is 3. The topological polar surface area (TPSA) is 55.0 Å². The molecule has 0 atom stereocenters. The van der Waals surface area contributed by atoms with Gasteiger partial charge in [-0.05, 0) is 79.4 Å². The van der Waals surface area contributed by atoms with E-state index in [4.69, 9.17) is 16.3 Å². The van der Waals surface area contributed by atoms with Crippen molar-refractivity contribution in [2.45, 2.75) is 33.5 Å². The Morgan fingerprint density at radius 1 is 0.946 bits per heavy atom. The van der Waals surface area contributed by atoms with E-state index in [1.54, 1.807) is 49.4 Å². The van der Waals surface area contributed by atoms with Crippen LogP contribution in [0.2, 0.25) is 5.02 Å². The number of nitriles is 1. The average molecular weight is 523 g/mol. The quantitative estimate of drug-likeness (QED) is 0.268. The lowest BCUT2D eigenvalue weighted by molar-refractivity contribution is -0.137. The Hall–Kier alpha value is -4.02. The van der Waals surface area contributed by atoms with Crippen LogP contribution in [0.4, 0.5) is 13.2 Å². The van der Waals surface area contributed by atoms with Gasteiger partial charge in [-0.25, -0.2) is 0 Å². The smallest absolute Gasteiger partial charge is 0.417 e. The van der Waals surface area contributed by atoms with Crippen LogP contribution in [0, 0.1) is 32.1 Å². The number of hydrogen-bond acceptors (Lipinski definition) is 3. The molecular weight excluding hydrogens is 501 g/mol. The van der Waals surface area contributed by atoms with Gasteiger partial charge in [-0.2, -0.15) is 18.4 Å². The molecule has 1 aromatic heterocycles. The molecule has 4 nitrogen and oxygen atoms in total. The minimum atomic E-state index is -4.88. The molecule has 0 aliphatic carbocycles. The lowest BCUT2D eigenvalue weighted by Crippen LogP contribution is -2.29. The standard InChI is InChI=1S/C29H22ClF3N2O2/c1-17-8-9-21(18(2)12-17)16-35-25(14-23(29(31,32)33)22(15-34)28(35)36)20-10-11-26(19(3)13-20)37-27-7-5-4-6-24(27)30/h4-14H,16H2,1-3H3. The zero-order valence-corrected chi connectivity index (χ0v) is 21.0. The summed E-state index contributed by atoms with van der Waals surface area (Å²) in [7, 11) is 0. The number of alkyl halides is 3. The maximum Gasteiger partial charge on any atom is 0.417 e. The Morgan fingerprint density at radius 3 is 2.30 bits per heavy atom. The van der Waals surface area contributed by atoms with Crippen molar-refractivity contribution in [1.29, 1.82) is 5.26 Å². The van der Waals surface area contributed by atoms with Crippen molar-refractivity contribution >= 4 is 11.6 Å². The van der Waals surface area contributed by atoms with Crippen LogP contribution < -0.4 is 10.3 Å². The maximum atomic E-state index is 13.9. The number of aromatic nitrogens is 1. The summed E-state index contributed by atoms with van der Waals surface area (Å²) in [6.07, 6.45) is -4.88. The van der Waals surface area contributed by atoms with E-state index in [2.05, 4.69) is 0 Å². The largest absolute Gasteiger partial charge is 0.456 e. The molecule has 0 saturated heterocycles. The van der Waals surface area contributed by atoms with E-state index in [9.17, 15) is 23.2 Å². The van der Waals surface area contributed by atoms with Crippen LogP contribution in [-0.4, -0.2) is 4.57 Å². The number of nitrogens with zero attached hydrogens (tertiary/aromatic N) is 2. The maximum absolute atomic E-state index is 13.9. The molecule has 1 heterocycles. The Morgan fingerprint density at radius 2 is 1.68 bits per heavy atom. The van der Waals surface area contributed by atoms with Crippen molar-refractivity contribution in [1.82, 2.24) is 4.57 Å². The molecule has 8 heteroatoms. The fraction of sp³-hybridized carbons (Fsp3) is 0.172. The highest BCUT2D eigenvalue weighted by Gasteiger charge is 2.36. The lowest BCUT2D eigenvalue weighted by Gasteiger charge is -2.19. The third kappa shape index (κ3) is 5.40. The van der Waals surface area contributed by atoms with Crippen molar-refractivity contribution in [3.63, 3.8) is 0 Å². The molecule has 0 spiro atoms. The molecule has 0 fully saturated rings. The normalized spacial score (nSPS) is 11.3. The zero-order valence-electron chi connectivity index (χ0n) is 20.3. The van der Waals surface area contributed by atoms with E-state index < -0.39 is 22.9 Å². The van der Waals surface area contributed by atoms with E-state index in [-0.39, 0.29) is 12.2 Å². The summed E-state index contributed by atoms with van der Waals surface area (Å²) in [6, 6.07) is 19.7. The van der Waals surface area contributed by atoms with Gasteiger partial charge in [0.1, 0.15) is 23.1 Å². The molecule has 0 radical (unpaired) electrons. The number of para-hydroxylation sites is 1. The van der Waals surface area contributed by atoms with Gasteiger partial charge in [0.15, 0.2) is 0 Å². The second-order valence-corrected chi connectivity index (χ2v) is 9.17. The molecule has 0 N–H and O–H groups in total. The first kappa shape index (κ1) is 26.1. The third-order valence-electron chi connectivity index (χ3n) is 6.07. The SMILES string of the molecule is Cc1ccc(Cn2c(-c3ccc(Oc4ccccc4Cl)c(C)c3)cc(C(F)(F)F)c(C#N)c2=O)c(C)c1. The predicted molar refractivity (Wildman–Crippen MR) is 137 cm³/mol. The molecule has 4 rings (SSSR count). The summed E-state index contributed by atoms with van der Waals surface area (Å²) in [5.74, 6) is 0.898. The highest BCUT2D eigenvalue weighted by Crippen LogP contribution is 2.36. The highest BCUT2D eigenvalue weighted by atomic mass is 35.5. The third-order valence-corrected chi connectivity index (χ3v) is 6.38. The Balaban J connectivity index is 1.89. The van der Waals surface area contributed by atoms with E-state index >= 15 is 0 Å². The Bertz CT molecular complexity index is 1600. The molecule has 0 unspecified atom stereocenters. The molecule has 0 aliphatic heterocycles. The number of pyridine rings is 1. The summed E-state index contributed by atoms with van der Waals surface area (Å²) < 4.78 is 48.7. The summed E-state index contributed by atoms with van der Waals surface area (Å²) in [4.78, 5) is 13.3. The second-order valence-electron chi connectivity index (χ2n) is 8.76. The molecule has 188 valence electrons. The minimum absolute atomic E-state index is 0.00399. The van der Waals surface area contributed by atoms with E-state index in [1.165, 1.54) is 10.6 Å². The zero-order chi connectivity index (χ0) is 26.9. The van der Waals surface area contributed by atoms with Crippen molar-refractivity contribution in [3.05, 3.63) is 115 Å². The van der Waals surface area contributed by atoms with Gasteiger partial charge in [0.05, 0.1) is 22.8 Å². The first-order chi connectivity index (χ1) is 17.5. The molecule has 37 heavy (non-hydrogen) atoms. The predicted octanol–water partition coefficient (Wildman–Crippen LogP) is 7.83. The van der Waals surface area contributed by atoms with Gasteiger partial charge in [0.2, 0.25) is 0 Å². The summed E-state index contributed by atoms with van der Waals surface area (Å²) in [6.45, 7) is 5.54. The van der Waals surface area contributed by atoms with Crippen LogP contribution in [-0.2, 0) is 12.7 Å². The van der Waals surface area contributed by atoms with E-state index in [0.717, 1.165) is 22.8 Å². The number of halogens is 4. The molecule has 3 aromatic carbocycles. The van der Waals surface area contributed by atoms with Gasteiger partial charge in [0, 0.05) is 0 Å². The monoisotopic (exact) mass is 522 g/mol. The van der Waals surface area contributed by atoms with Gasteiger partial charge < -0.3 is 9.30 Å². The van der Waals surface area contributed by atoms with Crippen LogP contribution in [0.3, 0.4) is 0 Å². The van der Waals surface area contributed by atoms with Gasteiger partial charge in [-0.15, -0.1) is 0 Å². The molecule has 0 bridgehead atoms.